The van der Waals surface area contributed by atoms with Crippen molar-refractivity contribution in [1.82, 2.24) is 9.88 Å². The minimum Gasteiger partial charge on any atom is -0.341 e. The normalized spacial score (nSPS) is 23.5. The third kappa shape index (κ3) is 3.17. The second kappa shape index (κ2) is 6.82. The van der Waals surface area contributed by atoms with Crippen LogP contribution >= 0.6 is 38.9 Å². The van der Waals surface area contributed by atoms with Gasteiger partial charge in [-0.2, -0.15) is 0 Å². The fourth-order valence-corrected chi connectivity index (χ4v) is 5.77. The Labute approximate surface area is 180 Å². The predicted molar refractivity (Wildman–Crippen MR) is 113 cm³/mol. The van der Waals surface area contributed by atoms with Gasteiger partial charge in [-0.1, -0.05) is 27.5 Å². The molecule has 2 aromatic rings. The monoisotopic (exact) mass is 479 g/mol. The maximum Gasteiger partial charge on any atom is 0.233 e. The van der Waals surface area contributed by atoms with Crippen LogP contribution in [0, 0.1) is 5.92 Å². The molecule has 1 saturated heterocycles. The average molecular weight is 481 g/mol. The molecule has 1 aromatic carbocycles. The van der Waals surface area contributed by atoms with Gasteiger partial charge in [-0.05, 0) is 43.0 Å². The zero-order valence-corrected chi connectivity index (χ0v) is 18.3. The minimum atomic E-state index is -0.181. The lowest BCUT2D eigenvalue weighted by Crippen LogP contribution is -2.40. The van der Waals surface area contributed by atoms with E-state index in [1.165, 1.54) is 16.9 Å². The maximum atomic E-state index is 13.1. The molecule has 3 aliphatic rings. The van der Waals surface area contributed by atoms with E-state index in [4.69, 9.17) is 11.6 Å². The van der Waals surface area contributed by atoms with Crippen molar-refractivity contribution in [3.8, 4) is 0 Å². The summed E-state index contributed by atoms with van der Waals surface area (Å²) in [6.45, 7) is 2.08. The van der Waals surface area contributed by atoms with E-state index in [1.54, 1.807) is 6.20 Å². The summed E-state index contributed by atoms with van der Waals surface area (Å²) in [6.07, 6.45) is 4.76. The van der Waals surface area contributed by atoms with Crippen LogP contribution in [0.3, 0.4) is 0 Å². The molecule has 5 rings (SSSR count). The molecule has 5 nitrogen and oxygen atoms in total. The Hall–Kier alpha value is -1.44. The lowest BCUT2D eigenvalue weighted by atomic mass is 9.81. The van der Waals surface area contributed by atoms with Gasteiger partial charge < -0.3 is 9.80 Å². The number of halogens is 2. The number of aromatic nitrogens is 1. The van der Waals surface area contributed by atoms with E-state index in [0.717, 1.165) is 41.0 Å². The molecule has 1 aliphatic carbocycles. The van der Waals surface area contributed by atoms with Crippen molar-refractivity contribution < 1.29 is 9.59 Å². The van der Waals surface area contributed by atoms with E-state index in [0.29, 0.717) is 17.4 Å². The Bertz CT molecular complexity index is 976. The molecule has 3 heterocycles. The van der Waals surface area contributed by atoms with Crippen molar-refractivity contribution in [2.45, 2.75) is 31.1 Å². The summed E-state index contributed by atoms with van der Waals surface area (Å²) in [5.74, 6) is 0.542. The largest absolute Gasteiger partial charge is 0.341 e. The second-order valence-electron chi connectivity index (χ2n) is 7.94. The SMILES string of the molecule is O=C(C1CC1)N1CCC2(C1)CN(C(=O)Cc1ncc(Cl)s1)c1ccc(Br)cc12. The molecule has 0 radical (unpaired) electrons. The first kappa shape index (κ1) is 18.6. The van der Waals surface area contributed by atoms with Crippen LogP contribution in [0.2, 0.25) is 4.34 Å². The summed E-state index contributed by atoms with van der Waals surface area (Å²) in [5.41, 5.74) is 1.94. The van der Waals surface area contributed by atoms with Gasteiger partial charge in [0.1, 0.15) is 9.34 Å². The molecule has 2 fully saturated rings. The molecule has 28 heavy (non-hydrogen) atoms. The lowest BCUT2D eigenvalue weighted by molar-refractivity contribution is -0.131. The molecule has 1 aromatic heterocycles. The number of anilines is 1. The van der Waals surface area contributed by atoms with Crippen LogP contribution in [-0.4, -0.2) is 41.3 Å². The van der Waals surface area contributed by atoms with Crippen molar-refractivity contribution >= 4 is 56.4 Å². The molecule has 1 atom stereocenters. The molecular weight excluding hydrogens is 462 g/mol. The van der Waals surface area contributed by atoms with Gasteiger partial charge in [-0.3, -0.25) is 9.59 Å². The summed E-state index contributed by atoms with van der Waals surface area (Å²) >= 11 is 10.9. The highest BCUT2D eigenvalue weighted by Crippen LogP contribution is 2.48. The Kier molecular flexibility index (Phi) is 4.52. The molecule has 2 amide bonds. The van der Waals surface area contributed by atoms with Crippen molar-refractivity contribution in [3.05, 3.63) is 43.8 Å². The Morgan fingerprint density at radius 2 is 2.14 bits per heavy atom. The van der Waals surface area contributed by atoms with E-state index in [-0.39, 0.29) is 29.6 Å². The Morgan fingerprint density at radius 1 is 1.32 bits per heavy atom. The van der Waals surface area contributed by atoms with Crippen LogP contribution < -0.4 is 4.90 Å². The quantitative estimate of drug-likeness (QED) is 0.666. The molecule has 8 heteroatoms. The van der Waals surface area contributed by atoms with Gasteiger partial charge in [-0.15, -0.1) is 11.3 Å². The number of fused-ring (bicyclic) bond motifs is 2. The number of hydrogen-bond acceptors (Lipinski definition) is 4. The topological polar surface area (TPSA) is 53.5 Å². The highest BCUT2D eigenvalue weighted by atomic mass is 79.9. The number of carbonyl (C=O) groups is 2. The first-order valence-electron chi connectivity index (χ1n) is 9.45. The molecule has 1 unspecified atom stereocenters. The number of benzene rings is 1. The molecular formula is C20H19BrClN3O2S. The number of nitrogens with zero attached hydrogens (tertiary/aromatic N) is 3. The summed E-state index contributed by atoms with van der Waals surface area (Å²) in [5, 5.41) is 0.728. The van der Waals surface area contributed by atoms with E-state index >= 15 is 0 Å². The van der Waals surface area contributed by atoms with Gasteiger partial charge in [-0.25, -0.2) is 4.98 Å². The molecule has 1 saturated carbocycles. The van der Waals surface area contributed by atoms with E-state index < -0.39 is 0 Å². The van der Waals surface area contributed by atoms with Crippen molar-refractivity contribution in [2.24, 2.45) is 5.92 Å². The minimum absolute atomic E-state index is 0.0263. The highest BCUT2D eigenvalue weighted by Gasteiger charge is 2.51. The van der Waals surface area contributed by atoms with E-state index in [1.807, 2.05) is 21.9 Å². The summed E-state index contributed by atoms with van der Waals surface area (Å²) < 4.78 is 1.59. The molecule has 0 bridgehead atoms. The van der Waals surface area contributed by atoms with Gasteiger partial charge in [0.15, 0.2) is 0 Å². The van der Waals surface area contributed by atoms with Crippen LogP contribution in [0.4, 0.5) is 5.69 Å². The number of rotatable bonds is 3. The standard InChI is InChI=1S/C20H19BrClN3O2S/c21-13-3-4-15-14(7-13)20(5-6-24(10-20)19(27)12-1-2-12)11-25(15)18(26)8-17-23-9-16(22)28-17/h3-4,7,9,12H,1-2,5-6,8,10-11H2. The lowest BCUT2D eigenvalue weighted by Gasteiger charge is -2.26. The summed E-state index contributed by atoms with van der Waals surface area (Å²) in [7, 11) is 0. The smallest absolute Gasteiger partial charge is 0.233 e. The first-order valence-corrected chi connectivity index (χ1v) is 11.4. The third-order valence-electron chi connectivity index (χ3n) is 6.00. The van der Waals surface area contributed by atoms with Crippen LogP contribution in [-0.2, 0) is 21.4 Å². The summed E-state index contributed by atoms with van der Waals surface area (Å²) in [6, 6.07) is 6.10. The number of hydrogen-bond donors (Lipinski definition) is 0. The van der Waals surface area contributed by atoms with Gasteiger partial charge in [0.2, 0.25) is 11.8 Å². The third-order valence-corrected chi connectivity index (χ3v) is 7.61. The van der Waals surface area contributed by atoms with Gasteiger partial charge in [0.25, 0.3) is 0 Å². The fraction of sp³-hybridized carbons (Fsp3) is 0.450. The van der Waals surface area contributed by atoms with Crippen LogP contribution in [0.15, 0.2) is 28.9 Å². The number of likely N-dealkylation sites (tertiary alicyclic amines) is 1. The predicted octanol–water partition coefficient (Wildman–Crippen LogP) is 4.03. The van der Waals surface area contributed by atoms with Crippen molar-refractivity contribution in [2.75, 3.05) is 24.5 Å². The van der Waals surface area contributed by atoms with Crippen LogP contribution in [0.25, 0.3) is 0 Å². The Balaban J connectivity index is 1.43. The highest BCUT2D eigenvalue weighted by molar-refractivity contribution is 9.10. The molecule has 0 N–H and O–H groups in total. The van der Waals surface area contributed by atoms with Crippen LogP contribution in [0.5, 0.6) is 0 Å². The number of thiazole rings is 1. The first-order chi connectivity index (χ1) is 13.4. The van der Waals surface area contributed by atoms with Gasteiger partial charge in [0.05, 0.1) is 12.6 Å². The van der Waals surface area contributed by atoms with Crippen LogP contribution in [0.1, 0.15) is 29.8 Å². The molecule has 1 spiro atoms. The number of amides is 2. The zero-order chi connectivity index (χ0) is 19.5. The Morgan fingerprint density at radius 3 is 2.86 bits per heavy atom. The van der Waals surface area contributed by atoms with E-state index in [9.17, 15) is 9.59 Å². The van der Waals surface area contributed by atoms with Gasteiger partial charge in [0, 0.05) is 41.1 Å². The fourth-order valence-electron chi connectivity index (χ4n) is 4.46. The number of carbonyl (C=O) groups excluding carboxylic acids is 2. The van der Waals surface area contributed by atoms with Crippen molar-refractivity contribution in [1.29, 1.82) is 0 Å². The zero-order valence-electron chi connectivity index (χ0n) is 15.2. The second-order valence-corrected chi connectivity index (χ2v) is 10.6. The van der Waals surface area contributed by atoms with Gasteiger partial charge >= 0.3 is 0 Å². The maximum absolute atomic E-state index is 13.1. The van der Waals surface area contributed by atoms with E-state index in [2.05, 4.69) is 27.0 Å². The average Bonchev–Trinajstić information content (AvgIpc) is 3.19. The summed E-state index contributed by atoms with van der Waals surface area (Å²) in [4.78, 5) is 33.8. The van der Waals surface area contributed by atoms with Crippen molar-refractivity contribution in [3.63, 3.8) is 0 Å². The molecule has 2 aliphatic heterocycles. The molecule has 146 valence electrons.